The highest BCUT2D eigenvalue weighted by Crippen LogP contribution is 2.27. The fourth-order valence-corrected chi connectivity index (χ4v) is 4.94. The Morgan fingerprint density at radius 3 is 2.73 bits per heavy atom. The van der Waals surface area contributed by atoms with Crippen LogP contribution in [-0.2, 0) is 0 Å². The highest BCUT2D eigenvalue weighted by Gasteiger charge is 2.21. The van der Waals surface area contributed by atoms with Crippen LogP contribution in [-0.4, -0.2) is 85.7 Å². The van der Waals surface area contributed by atoms with E-state index in [1.807, 2.05) is 39.3 Å². The number of nitrogens with zero attached hydrogens (tertiary/aromatic N) is 6. The van der Waals surface area contributed by atoms with Crippen LogP contribution >= 0.6 is 11.3 Å². The second-order valence-corrected chi connectivity index (χ2v) is 10.7. The Kier molecular flexibility index (Phi) is 6.94. The number of aromatic hydroxyl groups is 1. The molecule has 0 aliphatic heterocycles. The van der Waals surface area contributed by atoms with Crippen LogP contribution in [0, 0.1) is 0 Å². The van der Waals surface area contributed by atoms with Gasteiger partial charge in [-0.05, 0) is 64.5 Å². The van der Waals surface area contributed by atoms with E-state index in [1.54, 1.807) is 21.7 Å². The van der Waals surface area contributed by atoms with E-state index in [1.165, 1.54) is 11.3 Å². The maximum Gasteiger partial charge on any atom is 0.326 e. The molecule has 0 saturated heterocycles. The van der Waals surface area contributed by atoms with Crippen molar-refractivity contribution in [3.05, 3.63) is 56.2 Å². The monoisotopic (exact) mass is 522 g/mol. The molecule has 1 saturated carbocycles. The minimum absolute atomic E-state index is 0.00432. The number of unbranched alkanes of at least 4 members (excludes halogenated alkanes) is 1. The van der Waals surface area contributed by atoms with E-state index in [0.717, 1.165) is 37.1 Å². The molecule has 0 unspecified atom stereocenters. The van der Waals surface area contributed by atoms with E-state index >= 15 is 0 Å². The molecule has 0 aromatic carbocycles. The minimum Gasteiger partial charge on any atom is -0.493 e. The van der Waals surface area contributed by atoms with Gasteiger partial charge < -0.3 is 19.9 Å². The summed E-state index contributed by atoms with van der Waals surface area (Å²) in [6.45, 7) is 1.71. The van der Waals surface area contributed by atoms with Gasteiger partial charge in [-0.1, -0.05) is 0 Å². The lowest BCUT2D eigenvalue weighted by molar-refractivity contribution is 0.0797. The predicted molar refractivity (Wildman–Crippen MR) is 141 cm³/mol. The highest BCUT2D eigenvalue weighted by molar-refractivity contribution is 7.17. The molecule has 5 rings (SSSR count). The van der Waals surface area contributed by atoms with E-state index in [4.69, 9.17) is 9.98 Å². The summed E-state index contributed by atoms with van der Waals surface area (Å²) in [6, 6.07) is 5.91. The number of hydrogen-bond acceptors (Lipinski definition) is 8. The molecule has 0 radical (unpaired) electrons. The van der Waals surface area contributed by atoms with E-state index < -0.39 is 5.69 Å². The van der Waals surface area contributed by atoms with Gasteiger partial charge in [-0.3, -0.25) is 14.8 Å². The quantitative estimate of drug-likeness (QED) is 0.283. The third kappa shape index (κ3) is 5.65. The first-order chi connectivity index (χ1) is 17.8. The number of carbonyl (C=O) groups is 1. The minimum atomic E-state index is -0.503. The lowest BCUT2D eigenvalue weighted by Crippen LogP contribution is -2.27. The normalized spacial score (nSPS) is 14.8. The van der Waals surface area contributed by atoms with Crippen molar-refractivity contribution in [1.82, 2.24) is 34.4 Å². The number of thiophene rings is 1. The summed E-state index contributed by atoms with van der Waals surface area (Å²) < 4.78 is 1.66. The summed E-state index contributed by atoms with van der Waals surface area (Å²) in [4.78, 5) is 44.5. The fourth-order valence-electron chi connectivity index (χ4n) is 3.98. The maximum atomic E-state index is 13.0. The molecule has 4 aromatic heterocycles. The zero-order valence-corrected chi connectivity index (χ0v) is 21.9. The summed E-state index contributed by atoms with van der Waals surface area (Å²) in [5.41, 5.74) is 1.64. The van der Waals surface area contributed by atoms with Crippen LogP contribution in [0.15, 0.2) is 34.2 Å². The van der Waals surface area contributed by atoms with Crippen molar-refractivity contribution in [2.24, 2.45) is 4.99 Å². The van der Waals surface area contributed by atoms with Crippen molar-refractivity contribution < 1.29 is 9.90 Å². The molecular formula is C25H30N8O3S. The number of rotatable bonds is 9. The van der Waals surface area contributed by atoms with Crippen LogP contribution in [0.3, 0.4) is 0 Å². The summed E-state index contributed by atoms with van der Waals surface area (Å²) in [5, 5.41) is 15.1. The number of fused-ring (bicyclic) bond motifs is 1. The molecule has 3 N–H and O–H groups in total. The van der Waals surface area contributed by atoms with Gasteiger partial charge in [-0.2, -0.15) is 9.61 Å². The molecule has 1 fully saturated rings. The second kappa shape index (κ2) is 10.3. The number of nitrogens with one attached hydrogen (secondary N) is 2. The Hall–Kier alpha value is -3.77. The molecule has 194 valence electrons. The van der Waals surface area contributed by atoms with Gasteiger partial charge in [0, 0.05) is 24.9 Å². The number of aromatic nitrogens is 5. The zero-order chi connectivity index (χ0) is 26.1. The molecule has 4 aromatic rings. The molecule has 4 heterocycles. The Morgan fingerprint density at radius 1 is 1.24 bits per heavy atom. The Balaban J connectivity index is 1.48. The van der Waals surface area contributed by atoms with Crippen LogP contribution in [0.4, 0.5) is 0 Å². The summed E-state index contributed by atoms with van der Waals surface area (Å²) in [6.07, 6.45) is 7.30. The van der Waals surface area contributed by atoms with E-state index in [9.17, 15) is 14.7 Å². The average Bonchev–Trinajstić information content (AvgIpc) is 3.24. The average molecular weight is 523 g/mol. The first-order valence-electron chi connectivity index (χ1n) is 12.2. The maximum absolute atomic E-state index is 13.0. The van der Waals surface area contributed by atoms with Crippen LogP contribution in [0.25, 0.3) is 22.3 Å². The van der Waals surface area contributed by atoms with Crippen LogP contribution in [0.1, 0.15) is 41.0 Å². The summed E-state index contributed by atoms with van der Waals surface area (Å²) in [5.74, 6) is -0.258. The molecule has 11 nitrogen and oxygen atoms in total. The molecule has 1 aliphatic carbocycles. The number of H-pyrrole nitrogens is 2. The largest absolute Gasteiger partial charge is 0.493 e. The summed E-state index contributed by atoms with van der Waals surface area (Å²) >= 11 is 1.40. The van der Waals surface area contributed by atoms with Crippen molar-refractivity contribution in [3.8, 4) is 16.5 Å². The van der Waals surface area contributed by atoms with Gasteiger partial charge in [0.25, 0.3) is 5.91 Å². The smallest absolute Gasteiger partial charge is 0.326 e. The van der Waals surface area contributed by atoms with Crippen molar-refractivity contribution >= 4 is 29.0 Å². The van der Waals surface area contributed by atoms with E-state index in [2.05, 4.69) is 20.0 Å². The topological polar surface area (TPSA) is 135 Å². The molecule has 0 bridgehead atoms. The van der Waals surface area contributed by atoms with Crippen LogP contribution < -0.4 is 16.4 Å². The molecule has 0 atom stereocenters. The number of carbonyl (C=O) groups excluding carboxylic acids is 1. The van der Waals surface area contributed by atoms with Gasteiger partial charge in [-0.15, -0.1) is 11.3 Å². The van der Waals surface area contributed by atoms with Crippen molar-refractivity contribution in [2.45, 2.75) is 31.7 Å². The fraction of sp³-hybridized carbons (Fsp3) is 0.400. The number of imidazole rings is 1. The second-order valence-electron chi connectivity index (χ2n) is 9.58. The Bertz CT molecular complexity index is 1610. The van der Waals surface area contributed by atoms with Gasteiger partial charge in [0.2, 0.25) is 5.88 Å². The Morgan fingerprint density at radius 2 is 2.03 bits per heavy atom. The number of hydrogen-bond donors (Lipinski definition) is 3. The van der Waals surface area contributed by atoms with Gasteiger partial charge in [-0.25, -0.2) is 9.78 Å². The van der Waals surface area contributed by atoms with Gasteiger partial charge in [0.15, 0.2) is 11.1 Å². The summed E-state index contributed by atoms with van der Waals surface area (Å²) in [7, 11) is 5.93. The number of aromatic amines is 2. The molecule has 0 spiro atoms. The first kappa shape index (κ1) is 24.9. The standard InChI is InChI=1S/C25H30N8O3S/c1-31(2)10-4-5-11-32(3)24(35)20-9-8-19(37-20)17-13-21(27-16-6-7-16)33-22(28-17)15(14-26-33)12-18-23(34)30-25(36)29-18/h8-9,12-14,16,34H,4-7,10-11H2,1-3H3,(H2,29,30,36). The van der Waals surface area contributed by atoms with Crippen molar-refractivity contribution in [1.29, 1.82) is 0 Å². The third-order valence-corrected chi connectivity index (χ3v) is 7.24. The van der Waals surface area contributed by atoms with Gasteiger partial charge in [0.1, 0.15) is 5.69 Å². The van der Waals surface area contributed by atoms with E-state index in [0.29, 0.717) is 33.5 Å². The molecule has 1 aliphatic rings. The SMILES string of the molecule is CN(C)CCCCN(C)C(=O)c1ccc(-c2cc(=NC3CC3)n3ncc(=Cc4[nH]c(=O)[nH]c4O)c3n2)s1. The van der Waals surface area contributed by atoms with Gasteiger partial charge in [0.05, 0.1) is 27.7 Å². The van der Waals surface area contributed by atoms with Crippen LogP contribution in [0.5, 0.6) is 5.88 Å². The lowest BCUT2D eigenvalue weighted by Gasteiger charge is -2.17. The van der Waals surface area contributed by atoms with Crippen molar-refractivity contribution in [3.63, 3.8) is 0 Å². The predicted octanol–water partition coefficient (Wildman–Crippen LogP) is 1.20. The lowest BCUT2D eigenvalue weighted by atomic mass is 10.2. The Labute approximate surface area is 216 Å². The van der Waals surface area contributed by atoms with E-state index in [-0.39, 0.29) is 23.5 Å². The number of amides is 1. The molecular weight excluding hydrogens is 492 g/mol. The van der Waals surface area contributed by atoms with Gasteiger partial charge >= 0.3 is 5.69 Å². The molecule has 1 amide bonds. The highest BCUT2D eigenvalue weighted by atomic mass is 32.1. The molecule has 12 heteroatoms. The van der Waals surface area contributed by atoms with Crippen LogP contribution in [0.2, 0.25) is 0 Å². The van der Waals surface area contributed by atoms with Crippen molar-refractivity contribution in [2.75, 3.05) is 34.2 Å². The zero-order valence-electron chi connectivity index (χ0n) is 21.1. The first-order valence-corrected chi connectivity index (χ1v) is 13.1. The third-order valence-electron chi connectivity index (χ3n) is 6.14. The molecule has 37 heavy (non-hydrogen) atoms.